The fourth-order valence-corrected chi connectivity index (χ4v) is 3.82. The van der Waals surface area contributed by atoms with Crippen LogP contribution in [0.25, 0.3) is 11.1 Å². The van der Waals surface area contributed by atoms with Crippen LogP contribution in [0.1, 0.15) is 11.1 Å². The Morgan fingerprint density at radius 3 is 2.21 bits per heavy atom. The maximum Gasteiger partial charge on any atom is 0.149 e. The van der Waals surface area contributed by atoms with E-state index >= 15 is 0 Å². The molecule has 0 atom stereocenters. The Morgan fingerprint density at radius 2 is 1.57 bits per heavy atom. The topological polar surface area (TPSA) is 43.2 Å². The van der Waals surface area contributed by atoms with Gasteiger partial charge >= 0.3 is 0 Å². The van der Waals surface area contributed by atoms with E-state index in [0.29, 0.717) is 5.56 Å². The van der Waals surface area contributed by atoms with E-state index in [1.165, 1.54) is 5.56 Å². The molecule has 0 radical (unpaired) electrons. The number of nitriles is 1. The SMILES string of the molecule is N#Cc1c(-c2ccccc2)cc(N2CCN(Cc3ccccc3)CC2)nc1Cl. The zero-order chi connectivity index (χ0) is 19.3. The molecule has 0 unspecified atom stereocenters. The zero-order valence-electron chi connectivity index (χ0n) is 15.6. The van der Waals surface area contributed by atoms with Crippen LogP contribution in [0.15, 0.2) is 66.7 Å². The van der Waals surface area contributed by atoms with Crippen LogP contribution in [0.5, 0.6) is 0 Å². The van der Waals surface area contributed by atoms with Crippen LogP contribution in [0.2, 0.25) is 5.15 Å². The lowest BCUT2D eigenvalue weighted by molar-refractivity contribution is 0.249. The van der Waals surface area contributed by atoms with Gasteiger partial charge in [0.2, 0.25) is 0 Å². The third kappa shape index (κ3) is 4.01. The third-order valence-corrected chi connectivity index (χ3v) is 5.38. The second kappa shape index (κ2) is 8.43. The average molecular weight is 389 g/mol. The molecule has 1 fully saturated rings. The Kier molecular flexibility index (Phi) is 5.57. The summed E-state index contributed by atoms with van der Waals surface area (Å²) < 4.78 is 0. The highest BCUT2D eigenvalue weighted by molar-refractivity contribution is 6.31. The first-order valence-electron chi connectivity index (χ1n) is 9.42. The molecule has 0 saturated carbocycles. The van der Waals surface area contributed by atoms with Gasteiger partial charge in [-0.3, -0.25) is 4.90 Å². The van der Waals surface area contributed by atoms with Gasteiger partial charge in [-0.25, -0.2) is 4.98 Å². The van der Waals surface area contributed by atoms with E-state index < -0.39 is 0 Å². The Balaban J connectivity index is 1.53. The minimum absolute atomic E-state index is 0.269. The van der Waals surface area contributed by atoms with Gasteiger partial charge in [-0.05, 0) is 17.2 Å². The molecule has 1 aliphatic rings. The monoisotopic (exact) mass is 388 g/mol. The van der Waals surface area contributed by atoms with Crippen molar-refractivity contribution < 1.29 is 0 Å². The maximum absolute atomic E-state index is 9.54. The van der Waals surface area contributed by atoms with Gasteiger partial charge < -0.3 is 4.90 Å². The summed E-state index contributed by atoms with van der Waals surface area (Å²) in [5.41, 5.74) is 3.58. The molecule has 0 aliphatic carbocycles. The second-order valence-electron chi connectivity index (χ2n) is 6.92. The summed E-state index contributed by atoms with van der Waals surface area (Å²) in [4.78, 5) is 9.22. The van der Waals surface area contributed by atoms with E-state index in [9.17, 15) is 5.26 Å². The van der Waals surface area contributed by atoms with Crippen molar-refractivity contribution in [3.05, 3.63) is 83.0 Å². The van der Waals surface area contributed by atoms with Gasteiger partial charge in [-0.2, -0.15) is 5.26 Å². The van der Waals surface area contributed by atoms with E-state index in [1.807, 2.05) is 42.5 Å². The molecule has 4 nitrogen and oxygen atoms in total. The number of nitrogens with zero attached hydrogens (tertiary/aromatic N) is 4. The fourth-order valence-electron chi connectivity index (χ4n) is 3.59. The summed E-state index contributed by atoms with van der Waals surface area (Å²) in [6, 6.07) is 24.6. The summed E-state index contributed by atoms with van der Waals surface area (Å²) in [6.45, 7) is 4.67. The number of halogens is 1. The van der Waals surface area contributed by atoms with Crippen LogP contribution < -0.4 is 4.90 Å². The molecule has 4 rings (SSSR count). The molecule has 140 valence electrons. The van der Waals surface area contributed by atoms with Crippen LogP contribution in [-0.4, -0.2) is 36.1 Å². The van der Waals surface area contributed by atoms with Crippen molar-refractivity contribution in [3.63, 3.8) is 0 Å². The summed E-state index contributed by atoms with van der Waals surface area (Å²) in [7, 11) is 0. The van der Waals surface area contributed by atoms with Gasteiger partial charge in [0, 0.05) is 38.3 Å². The maximum atomic E-state index is 9.54. The van der Waals surface area contributed by atoms with Gasteiger partial charge in [0.1, 0.15) is 17.0 Å². The summed E-state index contributed by atoms with van der Waals surface area (Å²) in [5.74, 6) is 0.835. The molecule has 3 aromatic rings. The third-order valence-electron chi connectivity index (χ3n) is 5.10. The van der Waals surface area contributed by atoms with E-state index in [-0.39, 0.29) is 5.15 Å². The molecule has 2 heterocycles. The summed E-state index contributed by atoms with van der Waals surface area (Å²) >= 11 is 6.37. The fraction of sp³-hybridized carbons (Fsp3) is 0.217. The minimum Gasteiger partial charge on any atom is -0.354 e. The number of hydrogen-bond donors (Lipinski definition) is 0. The molecule has 2 aromatic carbocycles. The van der Waals surface area contributed by atoms with Crippen LogP contribution in [0.4, 0.5) is 5.82 Å². The highest BCUT2D eigenvalue weighted by atomic mass is 35.5. The summed E-state index contributed by atoms with van der Waals surface area (Å²) in [6.07, 6.45) is 0. The van der Waals surface area contributed by atoms with Crippen LogP contribution in [0.3, 0.4) is 0 Å². The molecule has 1 aromatic heterocycles. The first-order chi connectivity index (χ1) is 13.7. The Hall–Kier alpha value is -2.87. The largest absolute Gasteiger partial charge is 0.354 e. The zero-order valence-corrected chi connectivity index (χ0v) is 16.3. The van der Waals surface area contributed by atoms with E-state index in [4.69, 9.17) is 11.6 Å². The number of aromatic nitrogens is 1. The molecule has 28 heavy (non-hydrogen) atoms. The van der Waals surface area contributed by atoms with Crippen LogP contribution in [0, 0.1) is 11.3 Å². The van der Waals surface area contributed by atoms with Gasteiger partial charge in [0.15, 0.2) is 0 Å². The average Bonchev–Trinajstić information content (AvgIpc) is 2.75. The Morgan fingerprint density at radius 1 is 0.929 bits per heavy atom. The number of benzene rings is 2. The molecule has 0 spiro atoms. The highest BCUT2D eigenvalue weighted by Gasteiger charge is 2.21. The first-order valence-corrected chi connectivity index (χ1v) is 9.79. The van der Waals surface area contributed by atoms with Crippen molar-refractivity contribution in [1.29, 1.82) is 5.26 Å². The molecule has 5 heteroatoms. The number of anilines is 1. The van der Waals surface area contributed by atoms with E-state index in [0.717, 1.165) is 49.7 Å². The number of hydrogen-bond acceptors (Lipinski definition) is 4. The molecule has 0 amide bonds. The van der Waals surface area contributed by atoms with Crippen LogP contribution in [-0.2, 0) is 6.54 Å². The number of piperazine rings is 1. The van der Waals surface area contributed by atoms with Crippen molar-refractivity contribution in [2.45, 2.75) is 6.54 Å². The van der Waals surface area contributed by atoms with E-state index in [1.54, 1.807) is 0 Å². The predicted molar refractivity (Wildman–Crippen MR) is 113 cm³/mol. The quantitative estimate of drug-likeness (QED) is 0.613. The van der Waals surface area contributed by atoms with Gasteiger partial charge in [-0.15, -0.1) is 0 Å². The first kappa shape index (κ1) is 18.5. The highest BCUT2D eigenvalue weighted by Crippen LogP contribution is 2.31. The van der Waals surface area contributed by atoms with Crippen molar-refractivity contribution in [1.82, 2.24) is 9.88 Å². The molecule has 1 aliphatic heterocycles. The molecular formula is C23H21ClN4. The number of rotatable bonds is 4. The molecule has 1 saturated heterocycles. The van der Waals surface area contributed by atoms with Gasteiger partial charge in [0.05, 0.1) is 5.56 Å². The molecular weight excluding hydrogens is 368 g/mol. The lowest BCUT2D eigenvalue weighted by Crippen LogP contribution is -2.46. The van der Waals surface area contributed by atoms with Gasteiger partial charge in [0.25, 0.3) is 0 Å². The van der Waals surface area contributed by atoms with Crippen molar-refractivity contribution in [2.24, 2.45) is 0 Å². The predicted octanol–water partition coefficient (Wildman–Crippen LogP) is 4.60. The van der Waals surface area contributed by atoms with Crippen molar-refractivity contribution >= 4 is 17.4 Å². The van der Waals surface area contributed by atoms with Crippen LogP contribution >= 0.6 is 11.6 Å². The second-order valence-corrected chi connectivity index (χ2v) is 7.28. The normalized spacial score (nSPS) is 14.6. The van der Waals surface area contributed by atoms with Crippen molar-refractivity contribution in [3.8, 4) is 17.2 Å². The summed E-state index contributed by atoms with van der Waals surface area (Å²) in [5, 5.41) is 9.81. The van der Waals surface area contributed by atoms with Crippen molar-refractivity contribution in [2.75, 3.05) is 31.1 Å². The smallest absolute Gasteiger partial charge is 0.149 e. The lowest BCUT2D eigenvalue weighted by Gasteiger charge is -2.35. The standard InChI is InChI=1S/C23H21ClN4/c24-23-21(16-25)20(19-9-5-2-6-10-19)15-22(26-23)28-13-11-27(12-14-28)17-18-7-3-1-4-8-18/h1-10,15H,11-14,17H2. The molecule has 0 N–H and O–H groups in total. The Bertz CT molecular complexity index is 975. The Labute approximate surface area is 170 Å². The lowest BCUT2D eigenvalue weighted by atomic mass is 10.0. The number of pyridine rings is 1. The van der Waals surface area contributed by atoms with E-state index in [2.05, 4.69) is 45.1 Å². The minimum atomic E-state index is 0.269. The van der Waals surface area contributed by atoms with Gasteiger partial charge in [-0.1, -0.05) is 72.3 Å². The molecule has 0 bridgehead atoms.